The second-order valence-electron chi connectivity index (χ2n) is 5.81. The van der Waals surface area contributed by atoms with E-state index in [4.69, 9.17) is 4.74 Å². The number of nitrogens with zero attached hydrogens (tertiary/aromatic N) is 1. The highest BCUT2D eigenvalue weighted by Gasteiger charge is 2.08. The van der Waals surface area contributed by atoms with Gasteiger partial charge in [0.15, 0.2) is 5.16 Å². The summed E-state index contributed by atoms with van der Waals surface area (Å²) in [6, 6.07) is 15.8. The van der Waals surface area contributed by atoms with Crippen LogP contribution in [0.1, 0.15) is 5.56 Å². The fraction of sp³-hybridized carbons (Fsp3) is 0.200. The van der Waals surface area contributed by atoms with Crippen LogP contribution < -0.4 is 10.1 Å². The summed E-state index contributed by atoms with van der Waals surface area (Å²) in [5, 5.41) is 3.66. The van der Waals surface area contributed by atoms with Crippen molar-refractivity contribution in [3.05, 3.63) is 64.8 Å². The number of nitrogens with one attached hydrogen (secondary N) is 2. The number of hydrogen-bond acceptors (Lipinski definition) is 4. The van der Waals surface area contributed by atoms with Crippen LogP contribution in [0, 0.1) is 0 Å². The maximum atomic E-state index is 12.1. The van der Waals surface area contributed by atoms with Crippen molar-refractivity contribution in [3.8, 4) is 17.0 Å². The van der Waals surface area contributed by atoms with Gasteiger partial charge in [0.2, 0.25) is 5.91 Å². The van der Waals surface area contributed by atoms with Crippen LogP contribution >= 0.6 is 27.7 Å². The molecule has 0 saturated carbocycles. The lowest BCUT2D eigenvalue weighted by molar-refractivity contribution is -0.118. The number of carbonyl (C=O) groups excluding carboxylic acids is 1. The summed E-state index contributed by atoms with van der Waals surface area (Å²) in [6.07, 6.45) is 2.51. The van der Waals surface area contributed by atoms with Gasteiger partial charge in [-0.05, 0) is 35.7 Å². The second kappa shape index (κ2) is 9.62. The van der Waals surface area contributed by atoms with Gasteiger partial charge in [-0.25, -0.2) is 4.98 Å². The molecule has 2 N–H and O–H groups in total. The Balaban J connectivity index is 1.45. The predicted octanol–water partition coefficient (Wildman–Crippen LogP) is 4.30. The second-order valence-corrected chi connectivity index (χ2v) is 7.69. The zero-order valence-corrected chi connectivity index (χ0v) is 17.3. The van der Waals surface area contributed by atoms with Gasteiger partial charge in [-0.1, -0.05) is 58.0 Å². The van der Waals surface area contributed by atoms with Gasteiger partial charge in [0.1, 0.15) is 5.75 Å². The van der Waals surface area contributed by atoms with Crippen molar-refractivity contribution < 1.29 is 9.53 Å². The van der Waals surface area contributed by atoms with Crippen LogP contribution in [0.2, 0.25) is 0 Å². The molecule has 1 heterocycles. The highest BCUT2D eigenvalue weighted by molar-refractivity contribution is 9.10. The summed E-state index contributed by atoms with van der Waals surface area (Å²) in [5.41, 5.74) is 3.07. The number of carbonyl (C=O) groups is 1. The topological polar surface area (TPSA) is 67.0 Å². The number of rotatable bonds is 8. The van der Waals surface area contributed by atoms with Crippen molar-refractivity contribution in [1.29, 1.82) is 0 Å². The van der Waals surface area contributed by atoms with E-state index in [1.165, 1.54) is 11.8 Å². The number of H-pyrrole nitrogens is 1. The quantitative estimate of drug-likeness (QED) is 0.507. The predicted molar refractivity (Wildman–Crippen MR) is 112 cm³/mol. The van der Waals surface area contributed by atoms with Gasteiger partial charge in [0.25, 0.3) is 0 Å². The molecule has 5 nitrogen and oxygen atoms in total. The first-order valence-corrected chi connectivity index (χ1v) is 10.3. The molecule has 7 heteroatoms. The molecular formula is C20H20BrN3O2S. The SMILES string of the molecule is COc1ccccc1CCNC(=O)CSc1ncc(-c2ccc(Br)cc2)[nH]1. The Labute approximate surface area is 171 Å². The third kappa shape index (κ3) is 5.61. The molecule has 0 aliphatic rings. The Kier molecular flexibility index (Phi) is 6.95. The standard InChI is InChI=1S/C20H20BrN3O2S/c1-26-18-5-3-2-4-15(18)10-11-22-19(25)13-27-20-23-12-17(24-20)14-6-8-16(21)9-7-14/h2-9,12H,10-11,13H2,1H3,(H,22,25)(H,23,24). The van der Waals surface area contributed by atoms with Gasteiger partial charge in [-0.15, -0.1) is 0 Å². The molecule has 3 aromatic rings. The van der Waals surface area contributed by atoms with Gasteiger partial charge in [-0.2, -0.15) is 0 Å². The molecule has 0 atom stereocenters. The van der Waals surface area contributed by atoms with Crippen molar-refractivity contribution in [1.82, 2.24) is 15.3 Å². The van der Waals surface area contributed by atoms with Crippen LogP contribution in [-0.2, 0) is 11.2 Å². The van der Waals surface area contributed by atoms with Gasteiger partial charge < -0.3 is 15.0 Å². The molecule has 2 aromatic carbocycles. The minimum atomic E-state index is -0.0171. The number of para-hydroxylation sites is 1. The minimum absolute atomic E-state index is 0.0171. The van der Waals surface area contributed by atoms with Gasteiger partial charge >= 0.3 is 0 Å². The average molecular weight is 446 g/mol. The van der Waals surface area contributed by atoms with Crippen LogP contribution in [0.5, 0.6) is 5.75 Å². The van der Waals surface area contributed by atoms with Gasteiger partial charge in [0, 0.05) is 11.0 Å². The average Bonchev–Trinajstić information content (AvgIpc) is 3.16. The van der Waals surface area contributed by atoms with E-state index in [-0.39, 0.29) is 5.91 Å². The maximum absolute atomic E-state index is 12.1. The van der Waals surface area contributed by atoms with Crippen LogP contribution in [-0.4, -0.2) is 35.3 Å². The van der Waals surface area contributed by atoms with Gasteiger partial charge in [-0.3, -0.25) is 4.79 Å². The molecule has 0 radical (unpaired) electrons. The summed E-state index contributed by atoms with van der Waals surface area (Å²) in [7, 11) is 1.65. The first kappa shape index (κ1) is 19.5. The Morgan fingerprint density at radius 3 is 2.78 bits per heavy atom. The van der Waals surface area contributed by atoms with Crippen LogP contribution in [0.15, 0.2) is 64.4 Å². The van der Waals surface area contributed by atoms with Crippen molar-refractivity contribution in [2.75, 3.05) is 19.4 Å². The molecule has 0 bridgehead atoms. The lowest BCUT2D eigenvalue weighted by Gasteiger charge is -2.08. The van der Waals surface area contributed by atoms with E-state index in [9.17, 15) is 4.79 Å². The number of benzene rings is 2. The number of methoxy groups -OCH3 is 1. The Morgan fingerprint density at radius 2 is 2.00 bits per heavy atom. The molecule has 3 rings (SSSR count). The lowest BCUT2D eigenvalue weighted by atomic mass is 10.1. The van der Waals surface area contributed by atoms with E-state index in [1.807, 2.05) is 48.5 Å². The Morgan fingerprint density at radius 1 is 1.22 bits per heavy atom. The lowest BCUT2D eigenvalue weighted by Crippen LogP contribution is -2.27. The summed E-state index contributed by atoms with van der Waals surface area (Å²) >= 11 is 4.81. The molecule has 0 aliphatic heterocycles. The molecule has 0 saturated heterocycles. The number of amides is 1. The molecule has 0 spiro atoms. The van der Waals surface area contributed by atoms with E-state index in [0.717, 1.165) is 38.6 Å². The minimum Gasteiger partial charge on any atom is -0.496 e. The van der Waals surface area contributed by atoms with E-state index in [0.29, 0.717) is 12.3 Å². The summed E-state index contributed by atoms with van der Waals surface area (Å²) < 4.78 is 6.35. The van der Waals surface area contributed by atoms with Crippen molar-refractivity contribution in [2.24, 2.45) is 0 Å². The number of hydrogen-bond donors (Lipinski definition) is 2. The first-order chi connectivity index (χ1) is 13.2. The first-order valence-electron chi connectivity index (χ1n) is 8.48. The zero-order valence-electron chi connectivity index (χ0n) is 14.9. The monoisotopic (exact) mass is 445 g/mol. The van der Waals surface area contributed by atoms with Crippen molar-refractivity contribution in [3.63, 3.8) is 0 Å². The van der Waals surface area contributed by atoms with Crippen LogP contribution in [0.4, 0.5) is 0 Å². The van der Waals surface area contributed by atoms with Gasteiger partial charge in [0.05, 0.1) is 24.8 Å². The van der Waals surface area contributed by atoms with E-state index >= 15 is 0 Å². The molecule has 0 unspecified atom stereocenters. The number of imidazole rings is 1. The number of aromatic amines is 1. The van der Waals surface area contributed by atoms with E-state index < -0.39 is 0 Å². The van der Waals surface area contributed by atoms with Crippen LogP contribution in [0.3, 0.4) is 0 Å². The van der Waals surface area contributed by atoms with E-state index in [1.54, 1.807) is 13.3 Å². The maximum Gasteiger partial charge on any atom is 0.230 e. The zero-order chi connectivity index (χ0) is 19.1. The highest BCUT2D eigenvalue weighted by Crippen LogP contribution is 2.23. The summed E-state index contributed by atoms with van der Waals surface area (Å²) in [4.78, 5) is 19.6. The fourth-order valence-corrected chi connectivity index (χ4v) is 3.53. The largest absolute Gasteiger partial charge is 0.496 e. The molecule has 1 amide bonds. The molecular weight excluding hydrogens is 426 g/mol. The molecule has 140 valence electrons. The number of aromatic nitrogens is 2. The van der Waals surface area contributed by atoms with Crippen molar-refractivity contribution >= 4 is 33.6 Å². The molecule has 0 fully saturated rings. The van der Waals surface area contributed by atoms with Crippen LogP contribution in [0.25, 0.3) is 11.3 Å². The molecule has 0 aliphatic carbocycles. The highest BCUT2D eigenvalue weighted by atomic mass is 79.9. The van der Waals surface area contributed by atoms with E-state index in [2.05, 4.69) is 31.2 Å². The third-order valence-corrected chi connectivity index (χ3v) is 5.37. The fourth-order valence-electron chi connectivity index (χ4n) is 2.58. The smallest absolute Gasteiger partial charge is 0.230 e. The van der Waals surface area contributed by atoms with Crippen molar-refractivity contribution in [2.45, 2.75) is 11.6 Å². The summed E-state index contributed by atoms with van der Waals surface area (Å²) in [5.74, 6) is 1.15. The number of ether oxygens (including phenoxy) is 1. The Hall–Kier alpha value is -2.25. The Bertz CT molecular complexity index is 896. The molecule has 27 heavy (non-hydrogen) atoms. The number of halogens is 1. The third-order valence-electron chi connectivity index (χ3n) is 3.96. The number of thioether (sulfide) groups is 1. The summed E-state index contributed by atoms with van der Waals surface area (Å²) in [6.45, 7) is 0.571. The molecule has 1 aromatic heterocycles. The normalized spacial score (nSPS) is 10.6.